The van der Waals surface area contributed by atoms with Gasteiger partial charge in [0.05, 0.1) is 28.6 Å². The second-order valence-electron chi connectivity index (χ2n) is 7.53. The van der Waals surface area contributed by atoms with Gasteiger partial charge in [0.1, 0.15) is 19.0 Å². The van der Waals surface area contributed by atoms with Gasteiger partial charge in [-0.25, -0.2) is 0 Å². The van der Waals surface area contributed by atoms with Crippen molar-refractivity contribution in [3.05, 3.63) is 91.8 Å². The predicted octanol–water partition coefficient (Wildman–Crippen LogP) is 7.35. The van der Waals surface area contributed by atoms with Gasteiger partial charge in [0.15, 0.2) is 11.5 Å². The van der Waals surface area contributed by atoms with Gasteiger partial charge in [-0.1, -0.05) is 65.1 Å². The van der Waals surface area contributed by atoms with Crippen molar-refractivity contribution in [1.29, 1.82) is 0 Å². The summed E-state index contributed by atoms with van der Waals surface area (Å²) >= 11 is 19.6. The molecule has 4 rings (SSSR count). The first-order chi connectivity index (χ1) is 17.4. The summed E-state index contributed by atoms with van der Waals surface area (Å²) in [4.78, 5) is 26.7. The fraction of sp³-hybridized carbons (Fsp3) is 0.154. The third kappa shape index (κ3) is 6.10. The van der Waals surface area contributed by atoms with E-state index in [4.69, 9.17) is 49.0 Å². The van der Waals surface area contributed by atoms with Crippen LogP contribution in [0.5, 0.6) is 17.2 Å². The standard InChI is InChI=1S/C26H20Cl3NO5S/c1-33-22-13-16(12-20(29)24(22)35-15-17-6-2-3-7-18(17)27)14-23-25(31)30(26(32)36-23)10-11-34-21-9-5-4-8-19(21)28/h2-9,12-14H,10-11,15H2,1H3/b23-14-. The van der Waals surface area contributed by atoms with Gasteiger partial charge in [0.2, 0.25) is 0 Å². The third-order valence-corrected chi connectivity index (χ3v) is 7.03. The molecule has 1 heterocycles. The first-order valence-corrected chi connectivity index (χ1v) is 12.7. The highest BCUT2D eigenvalue weighted by Gasteiger charge is 2.35. The van der Waals surface area contributed by atoms with Crippen LogP contribution in [0.15, 0.2) is 65.6 Å². The van der Waals surface area contributed by atoms with E-state index in [1.54, 1.807) is 48.5 Å². The quantitative estimate of drug-likeness (QED) is 0.253. The van der Waals surface area contributed by atoms with Crippen LogP contribution >= 0.6 is 46.6 Å². The van der Waals surface area contributed by atoms with Crippen molar-refractivity contribution in [1.82, 2.24) is 4.90 Å². The first-order valence-electron chi connectivity index (χ1n) is 10.7. The molecular weight excluding hydrogens is 545 g/mol. The van der Waals surface area contributed by atoms with Gasteiger partial charge in [0.25, 0.3) is 11.1 Å². The molecule has 0 unspecified atom stereocenters. The monoisotopic (exact) mass is 563 g/mol. The van der Waals surface area contributed by atoms with Crippen LogP contribution in [0.3, 0.4) is 0 Å². The van der Waals surface area contributed by atoms with Crippen LogP contribution in [-0.4, -0.2) is 36.3 Å². The van der Waals surface area contributed by atoms with Crippen molar-refractivity contribution in [3.8, 4) is 17.2 Å². The van der Waals surface area contributed by atoms with Crippen LogP contribution < -0.4 is 14.2 Å². The SMILES string of the molecule is COc1cc(/C=C2\SC(=O)N(CCOc3ccccc3Cl)C2=O)cc(Cl)c1OCc1ccccc1Cl. The van der Waals surface area contributed by atoms with E-state index in [9.17, 15) is 9.59 Å². The fourth-order valence-corrected chi connectivity index (χ4v) is 4.90. The maximum atomic E-state index is 12.9. The number of benzene rings is 3. The third-order valence-electron chi connectivity index (χ3n) is 5.16. The van der Waals surface area contributed by atoms with Crippen molar-refractivity contribution in [2.45, 2.75) is 6.61 Å². The Morgan fingerprint density at radius 3 is 2.33 bits per heavy atom. The molecule has 2 amide bonds. The van der Waals surface area contributed by atoms with Crippen molar-refractivity contribution >= 4 is 63.8 Å². The average molecular weight is 565 g/mol. The molecule has 0 atom stereocenters. The molecule has 0 spiro atoms. The number of ether oxygens (including phenoxy) is 3. The molecule has 0 saturated carbocycles. The van der Waals surface area contributed by atoms with Gasteiger partial charge in [-0.3, -0.25) is 14.5 Å². The Morgan fingerprint density at radius 2 is 1.61 bits per heavy atom. The molecular formula is C26H20Cl3NO5S. The van der Waals surface area contributed by atoms with Gasteiger partial charge < -0.3 is 14.2 Å². The van der Waals surface area contributed by atoms with E-state index in [1.165, 1.54) is 7.11 Å². The normalized spacial score (nSPS) is 14.4. The van der Waals surface area contributed by atoms with E-state index in [-0.39, 0.29) is 29.9 Å². The molecule has 0 radical (unpaired) electrons. The minimum atomic E-state index is -0.415. The summed E-state index contributed by atoms with van der Waals surface area (Å²) in [6.45, 7) is 0.405. The molecule has 3 aromatic carbocycles. The second kappa shape index (κ2) is 11.9. The maximum Gasteiger partial charge on any atom is 0.293 e. The lowest BCUT2D eigenvalue weighted by Gasteiger charge is -2.14. The van der Waals surface area contributed by atoms with E-state index in [0.29, 0.717) is 37.9 Å². The molecule has 1 aliphatic rings. The minimum absolute atomic E-state index is 0.0894. The number of imide groups is 1. The number of methoxy groups -OCH3 is 1. The lowest BCUT2D eigenvalue weighted by atomic mass is 10.1. The summed E-state index contributed by atoms with van der Waals surface area (Å²) in [5.41, 5.74) is 1.38. The highest BCUT2D eigenvalue weighted by atomic mass is 35.5. The molecule has 186 valence electrons. The summed E-state index contributed by atoms with van der Waals surface area (Å²) in [7, 11) is 1.49. The molecule has 10 heteroatoms. The van der Waals surface area contributed by atoms with Gasteiger partial charge in [-0.05, 0) is 53.7 Å². The largest absolute Gasteiger partial charge is 0.493 e. The van der Waals surface area contributed by atoms with Gasteiger partial charge in [-0.2, -0.15) is 0 Å². The van der Waals surface area contributed by atoms with Crippen LogP contribution in [0.4, 0.5) is 4.79 Å². The maximum absolute atomic E-state index is 12.9. The van der Waals surface area contributed by atoms with Crippen molar-refractivity contribution in [2.24, 2.45) is 0 Å². The smallest absolute Gasteiger partial charge is 0.293 e. The van der Waals surface area contributed by atoms with Crippen LogP contribution in [0.1, 0.15) is 11.1 Å². The Balaban J connectivity index is 1.45. The predicted molar refractivity (Wildman–Crippen MR) is 143 cm³/mol. The Bertz CT molecular complexity index is 1330. The summed E-state index contributed by atoms with van der Waals surface area (Å²) < 4.78 is 16.9. The number of hydrogen-bond acceptors (Lipinski definition) is 6. The number of amides is 2. The highest BCUT2D eigenvalue weighted by Crippen LogP contribution is 2.39. The number of hydrogen-bond donors (Lipinski definition) is 0. The Hall–Kier alpha value is -2.84. The average Bonchev–Trinajstić information content (AvgIpc) is 3.12. The number of para-hydroxylation sites is 1. The van der Waals surface area contributed by atoms with E-state index in [2.05, 4.69) is 0 Å². The van der Waals surface area contributed by atoms with Crippen molar-refractivity contribution < 1.29 is 23.8 Å². The van der Waals surface area contributed by atoms with Crippen LogP contribution in [0, 0.1) is 0 Å². The van der Waals surface area contributed by atoms with Gasteiger partial charge in [0, 0.05) is 10.6 Å². The van der Waals surface area contributed by atoms with Gasteiger partial charge >= 0.3 is 0 Å². The Morgan fingerprint density at radius 1 is 0.889 bits per heavy atom. The number of halogens is 3. The molecule has 0 aliphatic carbocycles. The van der Waals surface area contributed by atoms with E-state index >= 15 is 0 Å². The molecule has 1 aliphatic heterocycles. The lowest BCUT2D eigenvalue weighted by molar-refractivity contribution is -0.123. The van der Waals surface area contributed by atoms with Crippen LogP contribution in [0.25, 0.3) is 6.08 Å². The number of nitrogens with zero attached hydrogens (tertiary/aromatic N) is 1. The molecule has 0 N–H and O–H groups in total. The van der Waals surface area contributed by atoms with Crippen molar-refractivity contribution in [2.75, 3.05) is 20.3 Å². The highest BCUT2D eigenvalue weighted by molar-refractivity contribution is 8.18. The van der Waals surface area contributed by atoms with E-state index < -0.39 is 5.91 Å². The summed E-state index contributed by atoms with van der Waals surface area (Å²) in [5.74, 6) is 0.802. The van der Waals surface area contributed by atoms with Gasteiger partial charge in [-0.15, -0.1) is 0 Å². The molecule has 0 aromatic heterocycles. The van der Waals surface area contributed by atoms with Crippen LogP contribution in [0.2, 0.25) is 15.1 Å². The zero-order valence-corrected chi connectivity index (χ0v) is 22.1. The molecule has 0 bridgehead atoms. The minimum Gasteiger partial charge on any atom is -0.493 e. The lowest BCUT2D eigenvalue weighted by Crippen LogP contribution is -2.32. The van der Waals surface area contributed by atoms with E-state index in [0.717, 1.165) is 22.2 Å². The summed E-state index contributed by atoms with van der Waals surface area (Å²) in [6.07, 6.45) is 1.59. The summed E-state index contributed by atoms with van der Waals surface area (Å²) in [6, 6.07) is 17.6. The second-order valence-corrected chi connectivity index (χ2v) is 9.74. The first kappa shape index (κ1) is 26.2. The molecule has 6 nitrogen and oxygen atoms in total. The molecule has 36 heavy (non-hydrogen) atoms. The fourth-order valence-electron chi connectivity index (χ4n) is 3.38. The zero-order valence-electron chi connectivity index (χ0n) is 19.0. The van der Waals surface area contributed by atoms with Crippen molar-refractivity contribution in [3.63, 3.8) is 0 Å². The summed E-state index contributed by atoms with van der Waals surface area (Å²) in [5, 5.41) is 0.945. The topological polar surface area (TPSA) is 65.1 Å². The molecule has 1 fully saturated rings. The Labute approximate surface area is 227 Å². The number of rotatable bonds is 9. The van der Waals surface area contributed by atoms with Crippen LogP contribution in [-0.2, 0) is 11.4 Å². The zero-order chi connectivity index (χ0) is 25.7. The Kier molecular flexibility index (Phi) is 8.69. The number of carbonyl (C=O) groups excluding carboxylic acids is 2. The molecule has 3 aromatic rings. The van der Waals surface area contributed by atoms with E-state index in [1.807, 2.05) is 18.2 Å². The number of carbonyl (C=O) groups is 2. The molecule has 1 saturated heterocycles. The number of thioether (sulfide) groups is 1.